The Morgan fingerprint density at radius 2 is 1.70 bits per heavy atom. The molecule has 1 aliphatic carbocycles. The van der Waals surface area contributed by atoms with Gasteiger partial charge in [0.2, 0.25) is 0 Å². The number of hydrogen-bond donors (Lipinski definition) is 3. The van der Waals surface area contributed by atoms with Crippen LogP contribution in [-0.4, -0.2) is 141 Å². The number of fused-ring (bicyclic) bond motifs is 2. The van der Waals surface area contributed by atoms with E-state index in [1.807, 2.05) is 33.0 Å². The van der Waals surface area contributed by atoms with E-state index in [4.69, 9.17) is 47.4 Å². The first-order valence-corrected chi connectivity index (χ1v) is 23.8. The molecule has 0 aromatic rings. The molecule has 0 saturated carbocycles. The maximum absolute atomic E-state index is 14.5. The molecule has 5 fully saturated rings. The molecule has 360 valence electrons. The second kappa shape index (κ2) is 20.8. The molecule has 15 nitrogen and oxygen atoms in total. The lowest BCUT2D eigenvalue weighted by molar-refractivity contribution is -0.340. The van der Waals surface area contributed by atoms with Crippen molar-refractivity contribution in [2.24, 2.45) is 28.8 Å². The summed E-state index contributed by atoms with van der Waals surface area (Å²) in [7, 11) is 5.30. The highest BCUT2D eigenvalue weighted by molar-refractivity contribution is 6.06. The van der Waals surface area contributed by atoms with Gasteiger partial charge in [0.15, 0.2) is 18.4 Å². The van der Waals surface area contributed by atoms with Crippen LogP contribution in [0.25, 0.3) is 0 Å². The van der Waals surface area contributed by atoms with Crippen molar-refractivity contribution >= 4 is 11.7 Å². The minimum atomic E-state index is -1.85. The normalized spacial score (nSPS) is 47.7. The summed E-state index contributed by atoms with van der Waals surface area (Å²) in [5, 5.41) is 29.5. The molecule has 0 aromatic carbocycles. The van der Waals surface area contributed by atoms with E-state index in [0.29, 0.717) is 61.5 Å². The summed E-state index contributed by atoms with van der Waals surface area (Å²) in [6.07, 6.45) is 9.54. The number of esters is 1. The molecule has 6 aliphatic heterocycles. The van der Waals surface area contributed by atoms with Crippen LogP contribution >= 0.6 is 0 Å². The van der Waals surface area contributed by atoms with E-state index in [2.05, 4.69) is 51.2 Å². The number of carbonyl (C=O) groups excluding carboxylic acids is 1. The van der Waals surface area contributed by atoms with Gasteiger partial charge in [-0.3, -0.25) is 4.79 Å². The zero-order chi connectivity index (χ0) is 46.1. The molecule has 7 rings (SSSR count). The molecule has 1 spiro atoms. The summed E-state index contributed by atoms with van der Waals surface area (Å²) in [4.78, 5) is 14.5. The van der Waals surface area contributed by atoms with E-state index in [1.165, 1.54) is 0 Å². The van der Waals surface area contributed by atoms with Crippen molar-refractivity contribution in [2.45, 2.75) is 198 Å². The number of nitrogens with one attached hydrogen (secondary N) is 1. The smallest absolute Gasteiger partial charge is 0.316 e. The van der Waals surface area contributed by atoms with Crippen LogP contribution in [0.4, 0.5) is 0 Å². The lowest BCUT2D eigenvalue weighted by Crippen LogP contribution is -2.57. The number of carbonyl (C=O) groups is 1. The van der Waals surface area contributed by atoms with Gasteiger partial charge in [-0.2, -0.15) is 0 Å². The fraction of sp³-hybridized carbons (Fsp3) is 0.796. The number of rotatable bonds is 9. The number of aliphatic hydroxyl groups is 1. The number of methoxy groups -OCH3 is 2. The molecule has 6 heterocycles. The van der Waals surface area contributed by atoms with Gasteiger partial charge in [-0.05, 0) is 76.1 Å². The van der Waals surface area contributed by atoms with Crippen molar-refractivity contribution < 1.29 is 62.5 Å². The predicted molar refractivity (Wildman–Crippen MR) is 237 cm³/mol. The van der Waals surface area contributed by atoms with Crippen LogP contribution in [0.5, 0.6) is 0 Å². The Balaban J connectivity index is 1.18. The van der Waals surface area contributed by atoms with Crippen LogP contribution in [-0.2, 0) is 52.2 Å². The van der Waals surface area contributed by atoms with Crippen molar-refractivity contribution in [1.82, 2.24) is 5.32 Å². The Hall–Kier alpha value is -2.54. The van der Waals surface area contributed by atoms with E-state index in [-0.39, 0.29) is 60.9 Å². The SMILES string of the molecule is CCC(C)C1OC2(CC[C@H]1C)CC1CC(C/C=C(\C)[C@@H](OC3C[C@@H](OC)[C@H](O[C@H]4C[C@H](OC)[C@H](NC)[C@H](C)O4)[C@@H](C)O3)C(C)/C=C/C=C3\COC4/C(=N/O)C(C)=CC(C(=O)O1)[C@]34O)O2. The van der Waals surface area contributed by atoms with Gasteiger partial charge in [-0.25, -0.2) is 0 Å². The third kappa shape index (κ3) is 10.0. The third-order valence-corrected chi connectivity index (χ3v) is 15.3. The van der Waals surface area contributed by atoms with Gasteiger partial charge in [0.25, 0.3) is 0 Å². The Labute approximate surface area is 380 Å². The molecule has 15 heteroatoms. The van der Waals surface area contributed by atoms with Gasteiger partial charge in [0.1, 0.15) is 35.5 Å². The van der Waals surface area contributed by atoms with Crippen molar-refractivity contribution in [2.75, 3.05) is 27.9 Å². The van der Waals surface area contributed by atoms with E-state index in [9.17, 15) is 15.1 Å². The molecule has 2 bridgehead atoms. The molecule has 0 amide bonds. The van der Waals surface area contributed by atoms with Crippen LogP contribution in [0.3, 0.4) is 0 Å². The highest BCUT2D eigenvalue weighted by Gasteiger charge is 2.60. The number of allylic oxidation sites excluding steroid dienone is 2. The molecule has 0 radical (unpaired) electrons. The van der Waals surface area contributed by atoms with Gasteiger partial charge < -0.3 is 63.0 Å². The van der Waals surface area contributed by atoms with Crippen LogP contribution in [0.1, 0.15) is 107 Å². The van der Waals surface area contributed by atoms with Crippen molar-refractivity contribution in [3.63, 3.8) is 0 Å². The van der Waals surface area contributed by atoms with Crippen LogP contribution in [0.15, 0.2) is 52.3 Å². The summed E-state index contributed by atoms with van der Waals surface area (Å²) in [6, 6.07) is 0.0431. The quantitative estimate of drug-likeness (QED) is 0.102. The molecule has 64 heavy (non-hydrogen) atoms. The Bertz CT molecular complexity index is 1780. The number of likely N-dealkylation sites (N-methyl/N-ethyl adjacent to an activating group) is 1. The second-order valence-corrected chi connectivity index (χ2v) is 19.6. The lowest BCUT2D eigenvalue weighted by atomic mass is 9.71. The van der Waals surface area contributed by atoms with Gasteiger partial charge >= 0.3 is 5.97 Å². The van der Waals surface area contributed by atoms with E-state index < -0.39 is 60.3 Å². The first-order valence-electron chi connectivity index (χ1n) is 23.8. The van der Waals surface area contributed by atoms with Gasteiger partial charge in [-0.1, -0.05) is 69.7 Å². The minimum absolute atomic E-state index is 0.00937. The Morgan fingerprint density at radius 3 is 2.41 bits per heavy atom. The molecular formula is C49H76N2O13. The highest BCUT2D eigenvalue weighted by atomic mass is 16.7. The van der Waals surface area contributed by atoms with Crippen molar-refractivity contribution in [3.8, 4) is 0 Å². The first kappa shape index (κ1) is 49.4. The third-order valence-electron chi connectivity index (χ3n) is 15.3. The first-order chi connectivity index (χ1) is 30.6. The minimum Gasteiger partial charge on any atom is -0.462 e. The number of hydrogen-bond acceptors (Lipinski definition) is 15. The Kier molecular flexibility index (Phi) is 16.0. The van der Waals surface area contributed by atoms with Gasteiger partial charge in [0.05, 0.1) is 55.4 Å². The topological polar surface area (TPSA) is 174 Å². The van der Waals surface area contributed by atoms with E-state index in [0.717, 1.165) is 18.4 Å². The average Bonchev–Trinajstić information content (AvgIpc) is 3.60. The molecule has 19 atom stereocenters. The summed E-state index contributed by atoms with van der Waals surface area (Å²) >= 11 is 0. The number of oxime groups is 1. The largest absolute Gasteiger partial charge is 0.462 e. The molecule has 0 aromatic heterocycles. The summed E-state index contributed by atoms with van der Waals surface area (Å²) in [6.45, 7) is 16.5. The van der Waals surface area contributed by atoms with Gasteiger partial charge in [-0.15, -0.1) is 0 Å². The number of ether oxygens (including phenoxy) is 10. The van der Waals surface area contributed by atoms with Crippen molar-refractivity contribution in [1.29, 1.82) is 0 Å². The fourth-order valence-electron chi connectivity index (χ4n) is 11.4. The van der Waals surface area contributed by atoms with Crippen LogP contribution < -0.4 is 5.32 Å². The van der Waals surface area contributed by atoms with Crippen LogP contribution in [0.2, 0.25) is 0 Å². The maximum atomic E-state index is 14.5. The van der Waals surface area contributed by atoms with Crippen LogP contribution in [0, 0.1) is 23.7 Å². The summed E-state index contributed by atoms with van der Waals surface area (Å²) < 4.78 is 64.9. The van der Waals surface area contributed by atoms with Crippen molar-refractivity contribution in [3.05, 3.63) is 47.1 Å². The predicted octanol–water partition coefficient (Wildman–Crippen LogP) is 6.30. The zero-order valence-corrected chi connectivity index (χ0v) is 39.9. The maximum Gasteiger partial charge on any atom is 0.316 e. The molecule has 9 unspecified atom stereocenters. The molecule has 7 aliphatic rings. The fourth-order valence-corrected chi connectivity index (χ4v) is 11.4. The zero-order valence-electron chi connectivity index (χ0n) is 39.9. The summed E-state index contributed by atoms with van der Waals surface area (Å²) in [5.74, 6) is -2.14. The monoisotopic (exact) mass is 901 g/mol. The standard InChI is InChI=1S/C49H76N2O13/c1-12-26(2)44-29(5)18-19-48(64-44)24-35-21-34(63-48)17-16-28(4)43(27(3)14-13-15-33-25-57-46-41(51-54)30(6)20-36(47(52)60-35)49(33,46)53)61-40-23-38(56-11)45(32(8)59-40)62-39-22-37(55-10)42(50-9)31(7)58-39/h13-16,20,26-27,29,31-32,34-40,42-46,50,53-54H,12,17-19,21-25H2,1-11H3/b14-13+,28-16+,33-15+,51-41+/t26?,27?,29-,31+,32-,34?,35?,36?,37+,38-,39+,40?,42-,43+,44?,45-,46?,48?,49-/m1/s1. The Morgan fingerprint density at radius 1 is 0.984 bits per heavy atom. The second-order valence-electron chi connectivity index (χ2n) is 19.6. The number of nitrogens with zero attached hydrogens (tertiary/aromatic N) is 1. The average molecular weight is 901 g/mol. The molecular weight excluding hydrogens is 825 g/mol. The van der Waals surface area contributed by atoms with E-state index in [1.54, 1.807) is 33.3 Å². The molecule has 3 N–H and O–H groups in total. The highest BCUT2D eigenvalue weighted by Crippen LogP contribution is 2.47. The molecule has 5 saturated heterocycles. The lowest BCUT2D eigenvalue weighted by Gasteiger charge is -2.51. The summed E-state index contributed by atoms with van der Waals surface area (Å²) in [5.41, 5.74) is 0.318. The van der Waals surface area contributed by atoms with Gasteiger partial charge in [0, 0.05) is 52.2 Å². The van der Waals surface area contributed by atoms with E-state index >= 15 is 0 Å².